The van der Waals surface area contributed by atoms with Crippen molar-refractivity contribution in [1.29, 1.82) is 0 Å². The average Bonchev–Trinajstić information content (AvgIpc) is 2.83. The van der Waals surface area contributed by atoms with Crippen molar-refractivity contribution < 1.29 is 23.8 Å². The zero-order valence-corrected chi connectivity index (χ0v) is 17.2. The Hall–Kier alpha value is -5.13. The molecular weight excluding hydrogens is 448 g/mol. The number of anilines is 1. The molecule has 4 rings (SSSR count). The molecular formula is C22H14N4O8. The van der Waals surface area contributed by atoms with E-state index in [1.807, 2.05) is 0 Å². The van der Waals surface area contributed by atoms with E-state index in [1.165, 1.54) is 0 Å². The standard InChI is InChI=1S/C22H14N4O8/c27-20(12-33-19-10-9-15(25(29)30)11-18(19)26(31)32)23-14-7-5-13(6-8-14)21-24-17-4-2-1-3-16(17)22(28)34-21/h1-11H,12H2,(H,23,27). The number of benzene rings is 3. The molecule has 1 heterocycles. The Balaban J connectivity index is 1.43. The number of fused-ring (bicyclic) bond motifs is 1. The first-order valence-corrected chi connectivity index (χ1v) is 9.67. The van der Waals surface area contributed by atoms with Crippen molar-refractivity contribution in [2.45, 2.75) is 0 Å². The van der Waals surface area contributed by atoms with Gasteiger partial charge in [0.2, 0.25) is 5.89 Å². The second kappa shape index (κ2) is 9.16. The van der Waals surface area contributed by atoms with Gasteiger partial charge in [-0.3, -0.25) is 25.0 Å². The zero-order valence-electron chi connectivity index (χ0n) is 17.2. The van der Waals surface area contributed by atoms with Gasteiger partial charge in [0.05, 0.1) is 26.8 Å². The lowest BCUT2D eigenvalue weighted by Gasteiger charge is -2.08. The average molecular weight is 462 g/mol. The summed E-state index contributed by atoms with van der Waals surface area (Å²) in [4.78, 5) is 49.0. The summed E-state index contributed by atoms with van der Waals surface area (Å²) in [7, 11) is 0. The Kier molecular flexibility index (Phi) is 5.95. The first kappa shape index (κ1) is 22.1. The predicted octanol–water partition coefficient (Wildman–Crippen LogP) is 3.69. The highest BCUT2D eigenvalue weighted by molar-refractivity contribution is 5.92. The van der Waals surface area contributed by atoms with Gasteiger partial charge in [0.25, 0.3) is 11.6 Å². The van der Waals surface area contributed by atoms with E-state index in [2.05, 4.69) is 10.3 Å². The summed E-state index contributed by atoms with van der Waals surface area (Å²) in [5, 5.41) is 24.9. The molecule has 0 aliphatic heterocycles. The fourth-order valence-corrected chi connectivity index (χ4v) is 3.06. The summed E-state index contributed by atoms with van der Waals surface area (Å²) in [6.07, 6.45) is 0. The van der Waals surface area contributed by atoms with Crippen LogP contribution in [0.1, 0.15) is 0 Å². The van der Waals surface area contributed by atoms with Crippen molar-refractivity contribution in [2.75, 3.05) is 11.9 Å². The van der Waals surface area contributed by atoms with Crippen molar-refractivity contribution in [2.24, 2.45) is 0 Å². The van der Waals surface area contributed by atoms with Crippen LogP contribution in [-0.2, 0) is 4.79 Å². The number of nitrogens with zero attached hydrogens (tertiary/aromatic N) is 3. The molecule has 4 aromatic rings. The van der Waals surface area contributed by atoms with Gasteiger partial charge in [0.15, 0.2) is 12.4 Å². The number of carbonyl (C=O) groups excluding carboxylic acids is 1. The Morgan fingerprint density at radius 2 is 1.74 bits per heavy atom. The van der Waals surface area contributed by atoms with Crippen LogP contribution in [0, 0.1) is 20.2 Å². The molecule has 0 saturated heterocycles. The number of non-ortho nitro benzene ring substituents is 1. The summed E-state index contributed by atoms with van der Waals surface area (Å²) in [6.45, 7) is -0.568. The number of aromatic nitrogens is 1. The molecule has 34 heavy (non-hydrogen) atoms. The van der Waals surface area contributed by atoms with Gasteiger partial charge < -0.3 is 14.5 Å². The Morgan fingerprint density at radius 1 is 1.00 bits per heavy atom. The maximum atomic E-state index is 12.2. The summed E-state index contributed by atoms with van der Waals surface area (Å²) in [6, 6.07) is 15.9. The third-order valence-corrected chi connectivity index (χ3v) is 4.66. The van der Waals surface area contributed by atoms with Crippen LogP contribution in [0.5, 0.6) is 5.75 Å². The molecule has 1 aromatic heterocycles. The van der Waals surface area contributed by atoms with Crippen LogP contribution < -0.4 is 15.7 Å². The minimum absolute atomic E-state index is 0.121. The number of hydrogen-bond acceptors (Lipinski definition) is 9. The fourth-order valence-electron chi connectivity index (χ4n) is 3.06. The third-order valence-electron chi connectivity index (χ3n) is 4.66. The molecule has 0 aliphatic carbocycles. The van der Waals surface area contributed by atoms with Gasteiger partial charge >= 0.3 is 11.3 Å². The van der Waals surface area contributed by atoms with Crippen molar-refractivity contribution in [3.05, 3.63) is 97.4 Å². The lowest BCUT2D eigenvalue weighted by molar-refractivity contribution is -0.394. The topological polar surface area (TPSA) is 168 Å². The first-order valence-electron chi connectivity index (χ1n) is 9.67. The molecule has 0 bridgehead atoms. The van der Waals surface area contributed by atoms with Gasteiger partial charge in [-0.15, -0.1) is 0 Å². The van der Waals surface area contributed by atoms with Gasteiger partial charge in [-0.2, -0.15) is 0 Å². The first-order chi connectivity index (χ1) is 16.3. The Morgan fingerprint density at radius 3 is 2.44 bits per heavy atom. The Bertz CT molecular complexity index is 1480. The second-order valence-electron chi connectivity index (χ2n) is 6.90. The molecule has 0 unspecified atom stereocenters. The largest absolute Gasteiger partial charge is 0.477 e. The van der Waals surface area contributed by atoms with Gasteiger partial charge in [0.1, 0.15) is 0 Å². The third kappa shape index (κ3) is 4.70. The quantitative estimate of drug-likeness (QED) is 0.318. The van der Waals surface area contributed by atoms with Crippen LogP contribution in [0.2, 0.25) is 0 Å². The highest BCUT2D eigenvalue weighted by Crippen LogP contribution is 2.31. The van der Waals surface area contributed by atoms with E-state index in [0.717, 1.165) is 18.2 Å². The fraction of sp³-hybridized carbons (Fsp3) is 0.0455. The van der Waals surface area contributed by atoms with Crippen molar-refractivity contribution in [3.63, 3.8) is 0 Å². The molecule has 3 aromatic carbocycles. The van der Waals surface area contributed by atoms with Crippen molar-refractivity contribution in [1.82, 2.24) is 4.98 Å². The van der Waals surface area contributed by atoms with Crippen LogP contribution in [0.4, 0.5) is 17.1 Å². The van der Waals surface area contributed by atoms with Crippen LogP contribution in [0.25, 0.3) is 22.4 Å². The van der Waals surface area contributed by atoms with E-state index in [1.54, 1.807) is 48.5 Å². The molecule has 0 spiro atoms. The highest BCUT2D eigenvalue weighted by atomic mass is 16.6. The SMILES string of the molecule is O=C(COc1ccc([N+](=O)[O-])cc1[N+](=O)[O-])Nc1ccc(-c2nc3ccccc3c(=O)o2)cc1. The van der Waals surface area contributed by atoms with Gasteiger partial charge in [-0.05, 0) is 42.5 Å². The number of nitro benzene ring substituents is 2. The van der Waals surface area contributed by atoms with Crippen LogP contribution in [0.3, 0.4) is 0 Å². The summed E-state index contributed by atoms with van der Waals surface area (Å²) < 4.78 is 10.4. The number of hydrogen-bond donors (Lipinski definition) is 1. The number of para-hydroxylation sites is 1. The van der Waals surface area contributed by atoms with Crippen molar-refractivity contribution in [3.8, 4) is 17.2 Å². The van der Waals surface area contributed by atoms with E-state index in [4.69, 9.17) is 9.15 Å². The molecule has 12 heteroatoms. The molecule has 0 saturated carbocycles. The summed E-state index contributed by atoms with van der Waals surface area (Å²) >= 11 is 0. The number of ether oxygens (including phenoxy) is 1. The van der Waals surface area contributed by atoms with E-state index in [-0.39, 0.29) is 11.6 Å². The number of carbonyl (C=O) groups is 1. The summed E-state index contributed by atoms with van der Waals surface area (Å²) in [5.74, 6) is -0.773. The molecule has 1 amide bonds. The monoisotopic (exact) mass is 462 g/mol. The molecule has 12 nitrogen and oxygen atoms in total. The van der Waals surface area contributed by atoms with Gasteiger partial charge in [-0.1, -0.05) is 12.1 Å². The van der Waals surface area contributed by atoms with E-state index < -0.39 is 39.4 Å². The minimum Gasteiger partial charge on any atom is -0.477 e. The normalized spacial score (nSPS) is 10.6. The number of nitro groups is 2. The van der Waals surface area contributed by atoms with Gasteiger partial charge in [-0.25, -0.2) is 9.78 Å². The molecule has 170 valence electrons. The molecule has 0 fully saturated rings. The lowest BCUT2D eigenvalue weighted by Crippen LogP contribution is -2.20. The van der Waals surface area contributed by atoms with Crippen LogP contribution in [-0.4, -0.2) is 27.3 Å². The number of nitrogens with one attached hydrogen (secondary N) is 1. The molecule has 0 radical (unpaired) electrons. The zero-order chi connectivity index (χ0) is 24.2. The molecule has 0 aliphatic rings. The lowest BCUT2D eigenvalue weighted by atomic mass is 10.2. The maximum Gasteiger partial charge on any atom is 0.347 e. The number of rotatable bonds is 7. The number of amides is 1. The van der Waals surface area contributed by atoms with Crippen LogP contribution >= 0.6 is 0 Å². The maximum absolute atomic E-state index is 12.2. The van der Waals surface area contributed by atoms with E-state index in [9.17, 15) is 29.8 Å². The van der Waals surface area contributed by atoms with Crippen molar-refractivity contribution >= 4 is 33.9 Å². The van der Waals surface area contributed by atoms with E-state index >= 15 is 0 Å². The molecule has 1 N–H and O–H groups in total. The summed E-state index contributed by atoms with van der Waals surface area (Å²) in [5.41, 5.74) is -0.229. The minimum atomic E-state index is -0.835. The van der Waals surface area contributed by atoms with E-state index in [0.29, 0.717) is 22.2 Å². The second-order valence-corrected chi connectivity index (χ2v) is 6.90. The predicted molar refractivity (Wildman–Crippen MR) is 120 cm³/mol. The Labute approximate surface area is 189 Å². The van der Waals surface area contributed by atoms with Gasteiger partial charge in [0, 0.05) is 17.3 Å². The smallest absolute Gasteiger partial charge is 0.347 e. The molecule has 0 atom stereocenters. The highest BCUT2D eigenvalue weighted by Gasteiger charge is 2.21. The van der Waals surface area contributed by atoms with Crippen LogP contribution in [0.15, 0.2) is 75.9 Å².